The van der Waals surface area contributed by atoms with Gasteiger partial charge in [-0.2, -0.15) is 5.10 Å². The van der Waals surface area contributed by atoms with E-state index >= 15 is 0 Å². The van der Waals surface area contributed by atoms with E-state index in [9.17, 15) is 0 Å². The Balaban J connectivity index is 1.71. The van der Waals surface area contributed by atoms with Gasteiger partial charge in [0, 0.05) is 24.5 Å². The van der Waals surface area contributed by atoms with Crippen LogP contribution in [0.2, 0.25) is 0 Å². The Morgan fingerprint density at radius 2 is 2.29 bits per heavy atom. The van der Waals surface area contributed by atoms with Crippen molar-refractivity contribution in [1.82, 2.24) is 19.7 Å². The zero-order chi connectivity index (χ0) is 11.5. The summed E-state index contributed by atoms with van der Waals surface area (Å²) in [5.41, 5.74) is 0.800. The van der Waals surface area contributed by atoms with Crippen LogP contribution < -0.4 is 0 Å². The highest BCUT2D eigenvalue weighted by atomic mass is 15.3. The topological polar surface area (TPSA) is 43.6 Å². The summed E-state index contributed by atoms with van der Waals surface area (Å²) in [6, 6.07) is 3.74. The second-order valence-corrected chi connectivity index (χ2v) is 4.08. The molecule has 1 aliphatic carbocycles. The van der Waals surface area contributed by atoms with E-state index in [4.69, 9.17) is 0 Å². The third kappa shape index (κ3) is 2.51. The molecule has 84 valence electrons. The average molecular weight is 224 g/mol. The van der Waals surface area contributed by atoms with Crippen LogP contribution in [0.3, 0.4) is 0 Å². The summed E-state index contributed by atoms with van der Waals surface area (Å²) >= 11 is 0. The molecule has 0 amide bonds. The molecule has 0 saturated heterocycles. The Bertz CT molecular complexity index is 559. The standard InChI is InChI=1S/C13H12N4/c1(9-17-10-2-7-15-17)3-12-6-8-14-13(16-12)11-4-5-11/h2,6-8,10-11H,4-5,9H2. The number of hydrogen-bond acceptors (Lipinski definition) is 3. The predicted octanol–water partition coefficient (Wildman–Crippen LogP) is 1.60. The molecule has 0 atom stereocenters. The van der Waals surface area contributed by atoms with Crippen molar-refractivity contribution < 1.29 is 0 Å². The summed E-state index contributed by atoms with van der Waals surface area (Å²) in [5, 5.41) is 4.08. The van der Waals surface area contributed by atoms with Crippen LogP contribution in [0.4, 0.5) is 0 Å². The highest BCUT2D eigenvalue weighted by Gasteiger charge is 2.26. The van der Waals surface area contributed by atoms with E-state index in [1.54, 1.807) is 17.1 Å². The molecule has 0 unspecified atom stereocenters. The maximum Gasteiger partial charge on any atom is 0.132 e. The highest BCUT2D eigenvalue weighted by molar-refractivity contribution is 5.27. The van der Waals surface area contributed by atoms with Gasteiger partial charge in [0.05, 0.1) is 0 Å². The molecule has 17 heavy (non-hydrogen) atoms. The number of aromatic nitrogens is 4. The first-order chi connectivity index (χ1) is 8.42. The molecule has 4 nitrogen and oxygen atoms in total. The summed E-state index contributed by atoms with van der Waals surface area (Å²) < 4.78 is 1.79. The van der Waals surface area contributed by atoms with Crippen LogP contribution in [-0.4, -0.2) is 19.7 Å². The van der Waals surface area contributed by atoms with Crippen molar-refractivity contribution in [2.45, 2.75) is 25.3 Å². The van der Waals surface area contributed by atoms with E-state index in [1.165, 1.54) is 12.8 Å². The molecule has 0 aliphatic heterocycles. The predicted molar refractivity (Wildman–Crippen MR) is 63.1 cm³/mol. The van der Waals surface area contributed by atoms with Crippen LogP contribution >= 0.6 is 0 Å². The summed E-state index contributed by atoms with van der Waals surface area (Å²) in [6.45, 7) is 0.593. The van der Waals surface area contributed by atoms with Crippen LogP contribution in [-0.2, 0) is 6.54 Å². The molecule has 0 radical (unpaired) electrons. The fourth-order valence-electron chi connectivity index (χ4n) is 1.59. The van der Waals surface area contributed by atoms with Crippen molar-refractivity contribution in [3.63, 3.8) is 0 Å². The van der Waals surface area contributed by atoms with Crippen LogP contribution in [0.1, 0.15) is 30.3 Å². The first-order valence-corrected chi connectivity index (χ1v) is 5.71. The van der Waals surface area contributed by atoms with Gasteiger partial charge in [0.2, 0.25) is 0 Å². The Kier molecular flexibility index (Phi) is 2.59. The number of hydrogen-bond donors (Lipinski definition) is 0. The summed E-state index contributed by atoms with van der Waals surface area (Å²) in [5.74, 6) is 7.61. The van der Waals surface area contributed by atoms with Gasteiger partial charge in [-0.1, -0.05) is 5.92 Å². The van der Waals surface area contributed by atoms with E-state index in [0.717, 1.165) is 11.5 Å². The van der Waals surface area contributed by atoms with Crippen molar-refractivity contribution in [1.29, 1.82) is 0 Å². The second kappa shape index (κ2) is 4.38. The molecule has 0 N–H and O–H groups in total. The lowest BCUT2D eigenvalue weighted by Gasteiger charge is -1.95. The van der Waals surface area contributed by atoms with Gasteiger partial charge >= 0.3 is 0 Å². The van der Waals surface area contributed by atoms with Gasteiger partial charge in [-0.15, -0.1) is 0 Å². The maximum atomic E-state index is 4.44. The fraction of sp³-hybridized carbons (Fsp3) is 0.308. The summed E-state index contributed by atoms with van der Waals surface area (Å²) in [4.78, 5) is 8.70. The summed E-state index contributed by atoms with van der Waals surface area (Å²) in [6.07, 6.45) is 7.86. The molecule has 0 spiro atoms. The first-order valence-electron chi connectivity index (χ1n) is 5.71. The van der Waals surface area contributed by atoms with Gasteiger partial charge in [-0.25, -0.2) is 9.97 Å². The largest absolute Gasteiger partial charge is 0.261 e. The molecule has 1 saturated carbocycles. The van der Waals surface area contributed by atoms with Crippen molar-refractivity contribution in [2.24, 2.45) is 0 Å². The molecule has 0 aromatic carbocycles. The molecule has 0 bridgehead atoms. The second-order valence-electron chi connectivity index (χ2n) is 4.08. The van der Waals surface area contributed by atoms with E-state index < -0.39 is 0 Å². The lowest BCUT2D eigenvalue weighted by atomic mass is 10.3. The number of rotatable bonds is 2. The van der Waals surface area contributed by atoms with Gasteiger partial charge in [-0.3, -0.25) is 4.68 Å². The highest BCUT2D eigenvalue weighted by Crippen LogP contribution is 2.37. The Hall–Kier alpha value is -2.15. The molecular weight excluding hydrogens is 212 g/mol. The Morgan fingerprint density at radius 1 is 1.35 bits per heavy atom. The minimum Gasteiger partial charge on any atom is -0.261 e. The third-order valence-corrected chi connectivity index (χ3v) is 2.63. The minimum absolute atomic E-state index is 0.572. The molecule has 1 aliphatic rings. The van der Waals surface area contributed by atoms with Crippen LogP contribution in [0.5, 0.6) is 0 Å². The average Bonchev–Trinajstić information content (AvgIpc) is 3.09. The van der Waals surface area contributed by atoms with Gasteiger partial charge in [0.1, 0.15) is 18.1 Å². The van der Waals surface area contributed by atoms with E-state index in [1.807, 2.05) is 18.3 Å². The van der Waals surface area contributed by atoms with Gasteiger partial charge in [-0.05, 0) is 30.9 Å². The Labute approximate surface area is 99.7 Å². The monoisotopic (exact) mass is 224 g/mol. The van der Waals surface area contributed by atoms with Crippen molar-refractivity contribution in [3.05, 3.63) is 42.2 Å². The van der Waals surface area contributed by atoms with Crippen LogP contribution in [0.25, 0.3) is 0 Å². The molecular formula is C13H12N4. The minimum atomic E-state index is 0.572. The van der Waals surface area contributed by atoms with Gasteiger partial charge < -0.3 is 0 Å². The lowest BCUT2D eigenvalue weighted by Crippen LogP contribution is -1.96. The van der Waals surface area contributed by atoms with Crippen molar-refractivity contribution >= 4 is 0 Å². The molecule has 2 aromatic rings. The summed E-state index contributed by atoms with van der Waals surface area (Å²) in [7, 11) is 0. The van der Waals surface area contributed by atoms with E-state index in [2.05, 4.69) is 26.9 Å². The molecule has 2 aromatic heterocycles. The van der Waals surface area contributed by atoms with Crippen molar-refractivity contribution in [2.75, 3.05) is 0 Å². The smallest absolute Gasteiger partial charge is 0.132 e. The normalized spacial score (nSPS) is 14.1. The quantitative estimate of drug-likeness (QED) is 0.728. The zero-order valence-corrected chi connectivity index (χ0v) is 9.37. The van der Waals surface area contributed by atoms with Crippen LogP contribution in [0.15, 0.2) is 30.7 Å². The van der Waals surface area contributed by atoms with Crippen LogP contribution in [0, 0.1) is 11.8 Å². The lowest BCUT2D eigenvalue weighted by molar-refractivity contribution is 0.715. The molecule has 1 fully saturated rings. The Morgan fingerprint density at radius 3 is 3.06 bits per heavy atom. The van der Waals surface area contributed by atoms with Crippen molar-refractivity contribution in [3.8, 4) is 11.8 Å². The first kappa shape index (κ1) is 10.0. The fourth-order valence-corrected chi connectivity index (χ4v) is 1.59. The van der Waals surface area contributed by atoms with Gasteiger partial charge in [0.25, 0.3) is 0 Å². The zero-order valence-electron chi connectivity index (χ0n) is 9.37. The van der Waals surface area contributed by atoms with E-state index in [-0.39, 0.29) is 0 Å². The van der Waals surface area contributed by atoms with E-state index in [0.29, 0.717) is 12.5 Å². The SMILES string of the molecule is C(#Cc1ccnc(C2CC2)n1)Cn1cccn1. The molecule has 3 rings (SSSR count). The molecule has 4 heteroatoms. The maximum absolute atomic E-state index is 4.44. The number of nitrogens with zero attached hydrogens (tertiary/aromatic N) is 4. The van der Waals surface area contributed by atoms with Gasteiger partial charge in [0.15, 0.2) is 0 Å². The molecule has 2 heterocycles. The third-order valence-electron chi connectivity index (χ3n) is 2.63.